The van der Waals surface area contributed by atoms with Gasteiger partial charge in [-0.15, -0.1) is 0 Å². The third-order valence-electron chi connectivity index (χ3n) is 3.73. The van der Waals surface area contributed by atoms with Crippen molar-refractivity contribution in [2.75, 3.05) is 13.1 Å². The summed E-state index contributed by atoms with van der Waals surface area (Å²) in [4.78, 5) is 23.5. The topological polar surface area (TPSA) is 70.2 Å². The maximum absolute atomic E-state index is 11.9. The van der Waals surface area contributed by atoms with E-state index in [9.17, 15) is 9.59 Å². The van der Waals surface area contributed by atoms with Crippen LogP contribution in [0, 0.1) is 0 Å². The van der Waals surface area contributed by atoms with Gasteiger partial charge in [0, 0.05) is 12.6 Å². The van der Waals surface area contributed by atoms with Gasteiger partial charge in [0.1, 0.15) is 0 Å². The van der Waals surface area contributed by atoms with Gasteiger partial charge in [0.05, 0.1) is 12.6 Å². The molecule has 0 aromatic carbocycles. The predicted molar refractivity (Wildman–Crippen MR) is 80.4 cm³/mol. The van der Waals surface area contributed by atoms with Crippen LogP contribution in [0.25, 0.3) is 0 Å². The molecule has 0 heterocycles. The highest BCUT2D eigenvalue weighted by Crippen LogP contribution is 2.16. The van der Waals surface area contributed by atoms with Crippen molar-refractivity contribution in [1.29, 1.82) is 0 Å². The first-order valence-electron chi connectivity index (χ1n) is 7.94. The Kier molecular flexibility index (Phi) is 8.26. The highest BCUT2D eigenvalue weighted by Gasteiger charge is 2.16. The normalized spacial score (nSPS) is 18.1. The second-order valence-corrected chi connectivity index (χ2v) is 5.65. The third-order valence-corrected chi connectivity index (χ3v) is 3.73. The van der Waals surface area contributed by atoms with Gasteiger partial charge in [-0.05, 0) is 26.2 Å². The molecule has 1 saturated carbocycles. The lowest BCUT2D eigenvalue weighted by Gasteiger charge is -2.18. The van der Waals surface area contributed by atoms with Gasteiger partial charge >= 0.3 is 0 Å². The summed E-state index contributed by atoms with van der Waals surface area (Å²) in [7, 11) is 0. The monoisotopic (exact) mass is 283 g/mol. The van der Waals surface area contributed by atoms with Crippen molar-refractivity contribution in [2.45, 2.75) is 70.9 Å². The van der Waals surface area contributed by atoms with Crippen LogP contribution in [0.15, 0.2) is 0 Å². The molecule has 0 aromatic rings. The molecule has 1 unspecified atom stereocenters. The predicted octanol–water partition coefficient (Wildman–Crippen LogP) is 1.33. The number of carbonyl (C=O) groups is 2. The number of rotatable bonds is 7. The minimum Gasteiger partial charge on any atom is -0.355 e. The zero-order valence-electron chi connectivity index (χ0n) is 12.8. The second kappa shape index (κ2) is 9.75. The maximum Gasteiger partial charge on any atom is 0.236 e. The molecule has 0 aromatic heterocycles. The fourth-order valence-corrected chi connectivity index (χ4v) is 2.44. The first kappa shape index (κ1) is 17.0. The van der Waals surface area contributed by atoms with E-state index >= 15 is 0 Å². The minimum absolute atomic E-state index is 0.00737. The summed E-state index contributed by atoms with van der Waals surface area (Å²) in [5, 5.41) is 8.85. The molecule has 116 valence electrons. The summed E-state index contributed by atoms with van der Waals surface area (Å²) in [5.74, 6) is -0.0545. The Morgan fingerprint density at radius 1 is 1.15 bits per heavy atom. The molecule has 5 heteroatoms. The van der Waals surface area contributed by atoms with Crippen LogP contribution < -0.4 is 16.0 Å². The number of hydrogen-bond acceptors (Lipinski definition) is 3. The molecule has 3 N–H and O–H groups in total. The zero-order valence-corrected chi connectivity index (χ0v) is 12.8. The second-order valence-electron chi connectivity index (χ2n) is 5.65. The lowest BCUT2D eigenvalue weighted by molar-refractivity contribution is -0.123. The molecule has 1 aliphatic rings. The van der Waals surface area contributed by atoms with Gasteiger partial charge in [0.15, 0.2) is 0 Å². The van der Waals surface area contributed by atoms with Gasteiger partial charge < -0.3 is 10.6 Å². The first-order chi connectivity index (χ1) is 9.63. The van der Waals surface area contributed by atoms with Crippen LogP contribution in [0.2, 0.25) is 0 Å². The summed E-state index contributed by atoms with van der Waals surface area (Å²) >= 11 is 0. The van der Waals surface area contributed by atoms with Gasteiger partial charge in [-0.2, -0.15) is 0 Å². The van der Waals surface area contributed by atoms with E-state index in [1.807, 2.05) is 6.92 Å². The van der Waals surface area contributed by atoms with Gasteiger partial charge in [-0.3, -0.25) is 14.9 Å². The van der Waals surface area contributed by atoms with Crippen LogP contribution in [0.1, 0.15) is 58.8 Å². The van der Waals surface area contributed by atoms with E-state index in [2.05, 4.69) is 16.0 Å². The Labute approximate surface area is 122 Å². The quantitative estimate of drug-likeness (QED) is 0.617. The highest BCUT2D eigenvalue weighted by atomic mass is 16.2. The van der Waals surface area contributed by atoms with Crippen LogP contribution in [0.3, 0.4) is 0 Å². The van der Waals surface area contributed by atoms with Crippen molar-refractivity contribution in [3.63, 3.8) is 0 Å². The highest BCUT2D eigenvalue weighted by molar-refractivity contribution is 5.83. The van der Waals surface area contributed by atoms with E-state index in [-0.39, 0.29) is 24.4 Å². The Bertz CT molecular complexity index is 299. The third kappa shape index (κ3) is 6.89. The molecule has 0 bridgehead atoms. The van der Waals surface area contributed by atoms with Crippen LogP contribution in [0.5, 0.6) is 0 Å². The molecule has 1 aliphatic carbocycles. The Morgan fingerprint density at radius 2 is 1.80 bits per heavy atom. The fraction of sp³-hybridized carbons (Fsp3) is 0.867. The smallest absolute Gasteiger partial charge is 0.236 e. The van der Waals surface area contributed by atoms with E-state index in [1.54, 1.807) is 6.92 Å². The van der Waals surface area contributed by atoms with Crippen molar-refractivity contribution in [1.82, 2.24) is 16.0 Å². The van der Waals surface area contributed by atoms with E-state index in [0.717, 1.165) is 19.3 Å². The van der Waals surface area contributed by atoms with Crippen LogP contribution >= 0.6 is 0 Å². The summed E-state index contributed by atoms with van der Waals surface area (Å²) < 4.78 is 0. The molecule has 1 fully saturated rings. The number of carbonyl (C=O) groups excluding carboxylic acids is 2. The van der Waals surface area contributed by atoms with Crippen molar-refractivity contribution < 1.29 is 9.59 Å². The van der Waals surface area contributed by atoms with Crippen molar-refractivity contribution in [2.24, 2.45) is 0 Å². The van der Waals surface area contributed by atoms with Gasteiger partial charge in [-0.25, -0.2) is 0 Å². The van der Waals surface area contributed by atoms with E-state index < -0.39 is 0 Å². The van der Waals surface area contributed by atoms with E-state index in [1.165, 1.54) is 25.7 Å². The van der Waals surface area contributed by atoms with Crippen LogP contribution in [-0.4, -0.2) is 37.0 Å². The van der Waals surface area contributed by atoms with Crippen molar-refractivity contribution >= 4 is 11.8 Å². The number of nitrogens with one attached hydrogen (secondary N) is 3. The Morgan fingerprint density at radius 3 is 2.40 bits per heavy atom. The van der Waals surface area contributed by atoms with Crippen molar-refractivity contribution in [3.05, 3.63) is 0 Å². The minimum atomic E-state index is -0.332. The standard InChI is InChI=1S/C15H29N3O2/c1-3-10-16-15(20)12(2)17-11-14(19)18-13-8-6-4-5-7-9-13/h12-13,17H,3-11H2,1-2H3,(H,16,20)(H,18,19). The molecular formula is C15H29N3O2. The summed E-state index contributed by atoms with van der Waals surface area (Å²) in [6.07, 6.45) is 8.04. The van der Waals surface area contributed by atoms with E-state index in [0.29, 0.717) is 12.6 Å². The average Bonchev–Trinajstić information content (AvgIpc) is 2.70. The maximum atomic E-state index is 11.9. The molecule has 1 rings (SSSR count). The molecule has 0 spiro atoms. The molecule has 1 atom stereocenters. The molecule has 2 amide bonds. The van der Waals surface area contributed by atoms with Crippen molar-refractivity contribution in [3.8, 4) is 0 Å². The molecule has 0 aliphatic heterocycles. The summed E-state index contributed by atoms with van der Waals surface area (Å²) in [6, 6.07) is -0.0162. The van der Waals surface area contributed by atoms with Gasteiger partial charge in [-0.1, -0.05) is 32.6 Å². The SMILES string of the molecule is CCCNC(=O)C(C)NCC(=O)NC1CCCCCC1. The molecular weight excluding hydrogens is 254 g/mol. The van der Waals surface area contributed by atoms with Crippen LogP contribution in [-0.2, 0) is 9.59 Å². The van der Waals surface area contributed by atoms with E-state index in [4.69, 9.17) is 0 Å². The number of hydrogen-bond donors (Lipinski definition) is 3. The van der Waals surface area contributed by atoms with Gasteiger partial charge in [0.25, 0.3) is 0 Å². The summed E-state index contributed by atoms with van der Waals surface area (Å²) in [6.45, 7) is 4.68. The lowest BCUT2D eigenvalue weighted by Crippen LogP contribution is -2.47. The largest absolute Gasteiger partial charge is 0.355 e. The average molecular weight is 283 g/mol. The molecule has 0 saturated heterocycles. The first-order valence-corrected chi connectivity index (χ1v) is 7.94. The lowest BCUT2D eigenvalue weighted by atomic mass is 10.1. The van der Waals surface area contributed by atoms with Gasteiger partial charge in [0.2, 0.25) is 11.8 Å². The van der Waals surface area contributed by atoms with Crippen LogP contribution in [0.4, 0.5) is 0 Å². The fourth-order valence-electron chi connectivity index (χ4n) is 2.44. The molecule has 20 heavy (non-hydrogen) atoms. The Hall–Kier alpha value is -1.10. The molecule has 0 radical (unpaired) electrons. The molecule has 5 nitrogen and oxygen atoms in total. The Balaban J connectivity index is 2.19. The summed E-state index contributed by atoms with van der Waals surface area (Å²) in [5.41, 5.74) is 0. The number of amides is 2. The zero-order chi connectivity index (χ0) is 14.8.